The van der Waals surface area contributed by atoms with E-state index >= 15 is 0 Å². The Morgan fingerprint density at radius 3 is 2.75 bits per heavy atom. The number of ether oxygens (including phenoxy) is 1. The first-order valence-corrected chi connectivity index (χ1v) is 8.65. The van der Waals surface area contributed by atoms with Crippen molar-refractivity contribution in [1.29, 1.82) is 0 Å². The van der Waals surface area contributed by atoms with Gasteiger partial charge in [-0.1, -0.05) is 30.3 Å². The number of amides is 1. The number of carbonyl (C=O) groups excluding carboxylic acids is 1. The van der Waals surface area contributed by atoms with Gasteiger partial charge in [0, 0.05) is 31.7 Å². The number of hydrogen-bond donors (Lipinski definition) is 3. The topological polar surface area (TPSA) is 70.6 Å². The second kappa shape index (κ2) is 7.92. The predicted octanol–water partition coefficient (Wildman–Crippen LogP) is 1.43. The standard InChI is InChI=1S/C19H26N2O3/c1-24-12-18(23)20-10-16-19(17(11-22)21-16)15-8-6-14(7-9-15)13-4-2-3-5-13/h4,6-9,16-17,19,21-22H,2-3,5,10-12H2,1H3,(H,20,23)/t16-,17-,19+/m1/s1. The molecule has 0 bridgehead atoms. The predicted molar refractivity (Wildman–Crippen MR) is 93.7 cm³/mol. The van der Waals surface area contributed by atoms with Crippen molar-refractivity contribution in [1.82, 2.24) is 10.6 Å². The highest BCUT2D eigenvalue weighted by Crippen LogP contribution is 2.34. The fourth-order valence-electron chi connectivity index (χ4n) is 3.72. The number of allylic oxidation sites excluding steroid dienone is 2. The summed E-state index contributed by atoms with van der Waals surface area (Å²) in [6.45, 7) is 0.709. The van der Waals surface area contributed by atoms with E-state index in [4.69, 9.17) is 4.74 Å². The monoisotopic (exact) mass is 330 g/mol. The SMILES string of the molecule is COCC(=O)NC[C@H]1N[C@H](CO)[C@H]1c1ccc(C2=CCCC2)cc1. The Morgan fingerprint density at radius 1 is 1.33 bits per heavy atom. The minimum absolute atomic E-state index is 0.0471. The molecule has 3 atom stereocenters. The zero-order valence-corrected chi connectivity index (χ0v) is 14.1. The molecule has 5 nitrogen and oxygen atoms in total. The highest BCUT2D eigenvalue weighted by atomic mass is 16.5. The van der Waals surface area contributed by atoms with Gasteiger partial charge in [0.15, 0.2) is 0 Å². The second-order valence-electron chi connectivity index (χ2n) is 6.57. The summed E-state index contributed by atoms with van der Waals surface area (Å²) in [7, 11) is 1.51. The van der Waals surface area contributed by atoms with Crippen molar-refractivity contribution < 1.29 is 14.6 Å². The lowest BCUT2D eigenvalue weighted by molar-refractivity contribution is -0.125. The minimum Gasteiger partial charge on any atom is -0.395 e. The van der Waals surface area contributed by atoms with E-state index in [2.05, 4.69) is 41.0 Å². The van der Waals surface area contributed by atoms with Crippen LogP contribution in [0.2, 0.25) is 0 Å². The fourth-order valence-corrected chi connectivity index (χ4v) is 3.72. The van der Waals surface area contributed by atoms with E-state index < -0.39 is 0 Å². The van der Waals surface area contributed by atoms with Gasteiger partial charge >= 0.3 is 0 Å². The van der Waals surface area contributed by atoms with Gasteiger partial charge in [-0.15, -0.1) is 0 Å². The molecule has 24 heavy (non-hydrogen) atoms. The van der Waals surface area contributed by atoms with Crippen molar-refractivity contribution in [2.75, 3.05) is 26.9 Å². The van der Waals surface area contributed by atoms with Crippen molar-refractivity contribution in [2.45, 2.75) is 37.3 Å². The highest BCUT2D eigenvalue weighted by Gasteiger charge is 2.40. The first kappa shape index (κ1) is 17.1. The van der Waals surface area contributed by atoms with E-state index in [1.54, 1.807) is 0 Å². The lowest BCUT2D eigenvalue weighted by atomic mass is 9.77. The molecule has 3 N–H and O–H groups in total. The molecule has 3 rings (SSSR count). The normalized spacial score (nSPS) is 25.9. The van der Waals surface area contributed by atoms with Crippen LogP contribution in [0.4, 0.5) is 0 Å². The number of aliphatic hydroxyl groups excluding tert-OH is 1. The van der Waals surface area contributed by atoms with E-state index in [9.17, 15) is 9.90 Å². The van der Waals surface area contributed by atoms with Crippen LogP contribution in [0.3, 0.4) is 0 Å². The van der Waals surface area contributed by atoms with Crippen LogP contribution in [0.15, 0.2) is 30.3 Å². The van der Waals surface area contributed by atoms with Gasteiger partial charge in [-0.05, 0) is 36.0 Å². The van der Waals surface area contributed by atoms with Gasteiger partial charge in [0.2, 0.25) is 5.91 Å². The largest absolute Gasteiger partial charge is 0.395 e. The van der Waals surface area contributed by atoms with Crippen LogP contribution >= 0.6 is 0 Å². The van der Waals surface area contributed by atoms with Crippen molar-refractivity contribution in [2.24, 2.45) is 0 Å². The van der Waals surface area contributed by atoms with Crippen molar-refractivity contribution >= 4 is 11.5 Å². The Balaban J connectivity index is 1.64. The zero-order valence-electron chi connectivity index (χ0n) is 14.1. The first-order chi connectivity index (χ1) is 11.7. The summed E-state index contributed by atoms with van der Waals surface area (Å²) in [4.78, 5) is 11.6. The molecule has 130 valence electrons. The molecule has 1 aromatic rings. The van der Waals surface area contributed by atoms with Gasteiger partial charge in [0.1, 0.15) is 6.61 Å². The Labute approximate surface area is 143 Å². The summed E-state index contributed by atoms with van der Waals surface area (Å²) in [5, 5.41) is 15.7. The molecular formula is C19H26N2O3. The lowest BCUT2D eigenvalue weighted by Crippen LogP contribution is -2.64. The van der Waals surface area contributed by atoms with Crippen LogP contribution in [-0.2, 0) is 9.53 Å². The third kappa shape index (κ3) is 3.69. The third-order valence-electron chi connectivity index (χ3n) is 4.99. The van der Waals surface area contributed by atoms with Crippen LogP contribution in [0, 0.1) is 0 Å². The number of benzene rings is 1. The number of methoxy groups -OCH3 is 1. The maximum absolute atomic E-state index is 11.6. The molecule has 2 aliphatic rings. The average molecular weight is 330 g/mol. The van der Waals surface area contributed by atoms with Crippen LogP contribution < -0.4 is 10.6 Å². The van der Waals surface area contributed by atoms with Crippen LogP contribution in [0.25, 0.3) is 5.57 Å². The summed E-state index contributed by atoms with van der Waals surface area (Å²) in [6, 6.07) is 8.86. The van der Waals surface area contributed by atoms with Crippen LogP contribution in [0.5, 0.6) is 0 Å². The molecule has 5 heteroatoms. The molecule has 1 saturated heterocycles. The Kier molecular flexibility index (Phi) is 5.66. The lowest BCUT2D eigenvalue weighted by Gasteiger charge is -2.46. The average Bonchev–Trinajstić information content (AvgIpc) is 3.09. The fraction of sp³-hybridized carbons (Fsp3) is 0.526. The van der Waals surface area contributed by atoms with Crippen molar-refractivity contribution in [3.05, 3.63) is 41.5 Å². The molecule has 1 fully saturated rings. The quantitative estimate of drug-likeness (QED) is 0.707. The molecule has 1 heterocycles. The highest BCUT2D eigenvalue weighted by molar-refractivity contribution is 5.77. The van der Waals surface area contributed by atoms with E-state index in [1.807, 2.05) is 0 Å². The van der Waals surface area contributed by atoms with E-state index in [0.717, 1.165) is 6.42 Å². The second-order valence-corrected chi connectivity index (χ2v) is 6.57. The number of rotatable bonds is 7. The molecule has 1 aromatic carbocycles. The van der Waals surface area contributed by atoms with Gasteiger partial charge in [0.25, 0.3) is 0 Å². The summed E-state index contributed by atoms with van der Waals surface area (Å²) in [5.41, 5.74) is 3.95. The number of hydrogen-bond acceptors (Lipinski definition) is 4. The van der Waals surface area contributed by atoms with Gasteiger partial charge in [-0.25, -0.2) is 0 Å². The van der Waals surface area contributed by atoms with Crippen molar-refractivity contribution in [3.63, 3.8) is 0 Å². The van der Waals surface area contributed by atoms with Crippen LogP contribution in [0.1, 0.15) is 36.3 Å². The van der Waals surface area contributed by atoms with E-state index in [1.165, 1.54) is 36.7 Å². The Hall–Kier alpha value is -1.69. The molecule has 0 spiro atoms. The van der Waals surface area contributed by atoms with E-state index in [0.29, 0.717) is 6.54 Å². The summed E-state index contributed by atoms with van der Waals surface area (Å²) in [5.74, 6) is 0.0958. The van der Waals surface area contributed by atoms with Crippen molar-refractivity contribution in [3.8, 4) is 0 Å². The zero-order chi connectivity index (χ0) is 16.9. The smallest absolute Gasteiger partial charge is 0.246 e. The number of nitrogens with one attached hydrogen (secondary N) is 2. The molecule has 1 aliphatic heterocycles. The Morgan fingerprint density at radius 2 is 2.12 bits per heavy atom. The maximum Gasteiger partial charge on any atom is 0.246 e. The Bertz CT molecular complexity index is 597. The summed E-state index contributed by atoms with van der Waals surface area (Å²) >= 11 is 0. The summed E-state index contributed by atoms with van der Waals surface area (Å²) < 4.78 is 4.83. The molecule has 1 amide bonds. The molecule has 0 radical (unpaired) electrons. The number of aliphatic hydroxyl groups is 1. The van der Waals surface area contributed by atoms with Gasteiger partial charge in [-0.3, -0.25) is 4.79 Å². The van der Waals surface area contributed by atoms with Gasteiger partial charge in [-0.2, -0.15) is 0 Å². The minimum atomic E-state index is -0.117. The van der Waals surface area contributed by atoms with E-state index in [-0.39, 0.29) is 37.1 Å². The maximum atomic E-state index is 11.6. The van der Waals surface area contributed by atoms with Crippen LogP contribution in [-0.4, -0.2) is 50.0 Å². The van der Waals surface area contributed by atoms with Gasteiger partial charge in [0.05, 0.1) is 6.61 Å². The molecule has 0 aromatic heterocycles. The van der Waals surface area contributed by atoms with Gasteiger partial charge < -0.3 is 20.5 Å². The molecule has 0 unspecified atom stereocenters. The first-order valence-electron chi connectivity index (χ1n) is 8.65. The molecule has 1 aliphatic carbocycles. The molecule has 0 saturated carbocycles. The molecular weight excluding hydrogens is 304 g/mol. The third-order valence-corrected chi connectivity index (χ3v) is 4.99. The summed E-state index contributed by atoms with van der Waals surface area (Å²) in [6.07, 6.45) is 5.92. The number of carbonyl (C=O) groups is 1.